The molecular weight excluding hydrogens is 321 g/mol. The van der Waals surface area contributed by atoms with Crippen LogP contribution in [0.4, 0.5) is 20.2 Å². The van der Waals surface area contributed by atoms with Gasteiger partial charge in [0.2, 0.25) is 0 Å². The number of alkyl halides is 2. The average molecular weight is 337 g/mol. The Morgan fingerprint density at radius 3 is 2.76 bits per heavy atom. The highest BCUT2D eigenvalue weighted by Crippen LogP contribution is 2.29. The van der Waals surface area contributed by atoms with Gasteiger partial charge < -0.3 is 10.2 Å². The van der Waals surface area contributed by atoms with Crippen molar-refractivity contribution in [1.82, 2.24) is 9.55 Å². The Kier molecular flexibility index (Phi) is 6.23. The Morgan fingerprint density at radius 1 is 1.24 bits per heavy atom. The predicted molar refractivity (Wildman–Crippen MR) is 84.0 cm³/mol. The molecule has 0 aliphatic carbocycles. The third kappa shape index (κ3) is 3.57. The Hall–Kier alpha value is -1.53. The summed E-state index contributed by atoms with van der Waals surface area (Å²) in [6.45, 7) is -0.592. The number of anilines is 2. The van der Waals surface area contributed by atoms with Crippen LogP contribution in [0.5, 0.6) is 0 Å². The minimum absolute atomic E-state index is 0. The summed E-state index contributed by atoms with van der Waals surface area (Å²) in [5.41, 5.74) is 2.06. The Balaban J connectivity index is 0.00000110. The third-order valence-electron chi connectivity index (χ3n) is 3.23. The SMILES string of the molecule is Cl.Cl.FC(F)n1ccnc1CN1CCNc2ccccc21. The van der Waals surface area contributed by atoms with E-state index in [9.17, 15) is 8.78 Å². The van der Waals surface area contributed by atoms with E-state index < -0.39 is 6.55 Å². The van der Waals surface area contributed by atoms with Gasteiger partial charge in [-0.05, 0) is 12.1 Å². The molecule has 2 aromatic rings. The molecule has 0 saturated heterocycles. The Labute approximate surface area is 134 Å². The van der Waals surface area contributed by atoms with Gasteiger partial charge in [0.15, 0.2) is 0 Å². The van der Waals surface area contributed by atoms with Crippen molar-refractivity contribution >= 4 is 36.2 Å². The summed E-state index contributed by atoms with van der Waals surface area (Å²) in [4.78, 5) is 6.09. The van der Waals surface area contributed by atoms with Gasteiger partial charge >= 0.3 is 6.55 Å². The van der Waals surface area contributed by atoms with Crippen LogP contribution in [-0.4, -0.2) is 22.6 Å². The molecule has 1 aliphatic heterocycles. The fraction of sp³-hybridized carbons (Fsp3) is 0.308. The molecule has 3 rings (SSSR count). The molecule has 0 spiro atoms. The molecule has 1 N–H and O–H groups in total. The largest absolute Gasteiger partial charge is 0.382 e. The van der Waals surface area contributed by atoms with Gasteiger partial charge in [0.25, 0.3) is 0 Å². The fourth-order valence-electron chi connectivity index (χ4n) is 2.32. The number of rotatable bonds is 3. The Bertz CT molecular complexity index is 577. The van der Waals surface area contributed by atoms with Gasteiger partial charge in [-0.25, -0.2) is 4.98 Å². The standard InChI is InChI=1S/C13H14F2N4.2ClH/c14-13(15)19-8-6-17-12(19)9-18-7-5-16-10-3-1-2-4-11(10)18;;/h1-4,6,8,13,16H,5,7,9H2;2*1H. The van der Waals surface area contributed by atoms with Crippen molar-refractivity contribution < 1.29 is 8.78 Å². The first kappa shape index (κ1) is 17.5. The van der Waals surface area contributed by atoms with E-state index in [-0.39, 0.29) is 24.8 Å². The normalized spacial score (nSPS) is 13.0. The van der Waals surface area contributed by atoms with E-state index in [4.69, 9.17) is 0 Å². The first-order valence-corrected chi connectivity index (χ1v) is 6.13. The average Bonchev–Trinajstić information content (AvgIpc) is 2.87. The molecule has 0 radical (unpaired) electrons. The number of aromatic nitrogens is 2. The summed E-state index contributed by atoms with van der Waals surface area (Å²) in [6.07, 6.45) is 2.73. The highest BCUT2D eigenvalue weighted by atomic mass is 35.5. The van der Waals surface area contributed by atoms with E-state index in [1.807, 2.05) is 24.3 Å². The zero-order chi connectivity index (χ0) is 13.2. The summed E-state index contributed by atoms with van der Waals surface area (Å²) in [5.74, 6) is 0.381. The number of benzene rings is 1. The lowest BCUT2D eigenvalue weighted by Gasteiger charge is -2.31. The van der Waals surface area contributed by atoms with E-state index in [0.717, 1.165) is 29.0 Å². The molecule has 1 aliphatic rings. The smallest absolute Gasteiger partial charge is 0.319 e. The zero-order valence-electron chi connectivity index (χ0n) is 11.1. The van der Waals surface area contributed by atoms with E-state index in [1.54, 1.807) is 0 Å². The van der Waals surface area contributed by atoms with Crippen LogP contribution in [-0.2, 0) is 6.54 Å². The van der Waals surface area contributed by atoms with Crippen molar-refractivity contribution in [3.05, 3.63) is 42.5 Å². The van der Waals surface area contributed by atoms with Crippen molar-refractivity contribution in [2.24, 2.45) is 0 Å². The molecule has 0 amide bonds. The number of imidazole rings is 1. The molecule has 1 aromatic carbocycles. The second kappa shape index (κ2) is 7.47. The van der Waals surface area contributed by atoms with Crippen LogP contribution in [0.2, 0.25) is 0 Å². The first-order valence-electron chi connectivity index (χ1n) is 6.13. The van der Waals surface area contributed by atoms with E-state index in [1.165, 1.54) is 12.4 Å². The van der Waals surface area contributed by atoms with Crippen LogP contribution in [0.1, 0.15) is 12.4 Å². The molecule has 0 saturated carbocycles. The van der Waals surface area contributed by atoms with Crippen LogP contribution in [0.3, 0.4) is 0 Å². The molecule has 4 nitrogen and oxygen atoms in total. The van der Waals surface area contributed by atoms with E-state index in [2.05, 4.69) is 15.2 Å². The maximum atomic E-state index is 12.8. The number of fused-ring (bicyclic) bond motifs is 1. The number of hydrogen-bond donors (Lipinski definition) is 1. The lowest BCUT2D eigenvalue weighted by molar-refractivity contribution is 0.0670. The van der Waals surface area contributed by atoms with Crippen molar-refractivity contribution in [2.75, 3.05) is 23.3 Å². The minimum Gasteiger partial charge on any atom is -0.382 e. The molecule has 0 bridgehead atoms. The molecule has 0 fully saturated rings. The zero-order valence-corrected chi connectivity index (χ0v) is 12.7. The van der Waals surface area contributed by atoms with E-state index >= 15 is 0 Å². The van der Waals surface area contributed by atoms with Crippen LogP contribution in [0, 0.1) is 0 Å². The van der Waals surface area contributed by atoms with Gasteiger partial charge in [0, 0.05) is 25.5 Å². The summed E-state index contributed by atoms with van der Waals surface area (Å²) in [5, 5.41) is 3.29. The summed E-state index contributed by atoms with van der Waals surface area (Å²) < 4.78 is 26.5. The van der Waals surface area contributed by atoms with Gasteiger partial charge in [-0.15, -0.1) is 24.8 Å². The maximum Gasteiger partial charge on any atom is 0.319 e. The second-order valence-electron chi connectivity index (χ2n) is 4.39. The molecule has 1 aromatic heterocycles. The van der Waals surface area contributed by atoms with Gasteiger partial charge in [0.05, 0.1) is 17.9 Å². The van der Waals surface area contributed by atoms with Crippen molar-refractivity contribution in [1.29, 1.82) is 0 Å². The van der Waals surface area contributed by atoms with Crippen molar-refractivity contribution in [2.45, 2.75) is 13.1 Å². The van der Waals surface area contributed by atoms with Gasteiger partial charge in [-0.3, -0.25) is 4.57 Å². The topological polar surface area (TPSA) is 33.1 Å². The summed E-state index contributed by atoms with van der Waals surface area (Å²) in [7, 11) is 0. The van der Waals surface area contributed by atoms with Crippen LogP contribution < -0.4 is 10.2 Å². The molecule has 21 heavy (non-hydrogen) atoms. The lowest BCUT2D eigenvalue weighted by atomic mass is 10.2. The molecule has 8 heteroatoms. The second-order valence-corrected chi connectivity index (χ2v) is 4.39. The van der Waals surface area contributed by atoms with Crippen LogP contribution >= 0.6 is 24.8 Å². The monoisotopic (exact) mass is 336 g/mol. The van der Waals surface area contributed by atoms with Gasteiger partial charge in [0.1, 0.15) is 5.82 Å². The maximum absolute atomic E-state index is 12.8. The van der Waals surface area contributed by atoms with E-state index in [0.29, 0.717) is 12.4 Å². The first-order chi connectivity index (χ1) is 9.25. The molecule has 0 atom stereocenters. The lowest BCUT2D eigenvalue weighted by Crippen LogP contribution is -2.34. The van der Waals surface area contributed by atoms with Crippen molar-refractivity contribution in [3.8, 4) is 0 Å². The molecule has 116 valence electrons. The number of hydrogen-bond acceptors (Lipinski definition) is 3. The Morgan fingerprint density at radius 2 is 2.00 bits per heavy atom. The highest BCUT2D eigenvalue weighted by molar-refractivity contribution is 5.85. The number of para-hydroxylation sites is 2. The third-order valence-corrected chi connectivity index (χ3v) is 3.23. The quantitative estimate of drug-likeness (QED) is 0.930. The van der Waals surface area contributed by atoms with Crippen LogP contribution in [0.15, 0.2) is 36.7 Å². The van der Waals surface area contributed by atoms with Gasteiger partial charge in [-0.2, -0.15) is 8.78 Å². The minimum atomic E-state index is -2.55. The number of nitrogens with one attached hydrogen (secondary N) is 1. The predicted octanol–water partition coefficient (Wildman–Crippen LogP) is 3.55. The van der Waals surface area contributed by atoms with Gasteiger partial charge in [-0.1, -0.05) is 12.1 Å². The highest BCUT2D eigenvalue weighted by Gasteiger charge is 2.19. The number of nitrogens with zero attached hydrogens (tertiary/aromatic N) is 3. The molecular formula is C13H16Cl2F2N4. The molecule has 2 heterocycles. The summed E-state index contributed by atoms with van der Waals surface area (Å²) >= 11 is 0. The summed E-state index contributed by atoms with van der Waals surface area (Å²) in [6, 6.07) is 7.87. The fourth-order valence-corrected chi connectivity index (χ4v) is 2.32. The number of halogens is 4. The molecule has 0 unspecified atom stereocenters. The van der Waals surface area contributed by atoms with Crippen LogP contribution in [0.25, 0.3) is 0 Å². The van der Waals surface area contributed by atoms with Crippen molar-refractivity contribution in [3.63, 3.8) is 0 Å².